The second kappa shape index (κ2) is 8.01. The highest BCUT2D eigenvalue weighted by Gasteiger charge is 2.21. The molecule has 0 aromatic carbocycles. The molecule has 1 atom stereocenters. The van der Waals surface area contributed by atoms with Crippen molar-refractivity contribution >= 4 is 12.4 Å². The molecule has 1 N–H and O–H groups in total. The number of likely N-dealkylation sites (tertiary alicyclic amines) is 1. The van der Waals surface area contributed by atoms with Crippen molar-refractivity contribution in [2.45, 2.75) is 59.2 Å². The van der Waals surface area contributed by atoms with Gasteiger partial charge in [0.2, 0.25) is 0 Å². The lowest BCUT2D eigenvalue weighted by Crippen LogP contribution is -2.44. The molecule has 20 heavy (non-hydrogen) atoms. The predicted octanol–water partition coefficient (Wildman–Crippen LogP) is 2.52. The van der Waals surface area contributed by atoms with Gasteiger partial charge in [-0.1, -0.05) is 6.92 Å². The standard InChI is InChI=1S/C15H28N4.ClH/c1-5-8-19-13(3)15(12(2)17-19)11-18-9-6-7-14(10-18)16-4;/h14,16H,5-11H2,1-4H3;1H. The van der Waals surface area contributed by atoms with Crippen LogP contribution in [0.4, 0.5) is 0 Å². The van der Waals surface area contributed by atoms with E-state index in [-0.39, 0.29) is 12.4 Å². The molecule has 1 aliphatic heterocycles. The van der Waals surface area contributed by atoms with E-state index in [1.54, 1.807) is 0 Å². The Labute approximate surface area is 129 Å². The number of nitrogens with zero attached hydrogens (tertiary/aromatic N) is 3. The minimum absolute atomic E-state index is 0. The Kier molecular flexibility index (Phi) is 7.00. The lowest BCUT2D eigenvalue weighted by Gasteiger charge is -2.32. The zero-order valence-electron chi connectivity index (χ0n) is 13.3. The minimum Gasteiger partial charge on any atom is -0.316 e. The number of hydrogen-bond donors (Lipinski definition) is 1. The molecule has 5 heteroatoms. The smallest absolute Gasteiger partial charge is 0.0641 e. The van der Waals surface area contributed by atoms with Gasteiger partial charge in [0.05, 0.1) is 5.69 Å². The lowest BCUT2D eigenvalue weighted by atomic mass is 10.0. The van der Waals surface area contributed by atoms with Gasteiger partial charge in [-0.3, -0.25) is 9.58 Å². The molecule has 0 aliphatic carbocycles. The van der Waals surface area contributed by atoms with Gasteiger partial charge in [0.1, 0.15) is 0 Å². The molecule has 1 aromatic rings. The summed E-state index contributed by atoms with van der Waals surface area (Å²) < 4.78 is 2.17. The molecular weight excluding hydrogens is 272 g/mol. The van der Waals surface area contributed by atoms with E-state index in [9.17, 15) is 0 Å². The summed E-state index contributed by atoms with van der Waals surface area (Å²) in [6.45, 7) is 11.0. The first kappa shape index (κ1) is 17.5. The first-order valence-corrected chi connectivity index (χ1v) is 7.58. The minimum atomic E-state index is 0. The molecule has 2 rings (SSSR count). The molecule has 1 aliphatic rings. The molecule has 0 bridgehead atoms. The van der Waals surface area contributed by atoms with Gasteiger partial charge in [-0.15, -0.1) is 12.4 Å². The van der Waals surface area contributed by atoms with Crippen LogP contribution in [0, 0.1) is 13.8 Å². The third-order valence-electron chi connectivity index (χ3n) is 4.26. The third-order valence-corrected chi connectivity index (χ3v) is 4.26. The highest BCUT2D eigenvalue weighted by atomic mass is 35.5. The second-order valence-corrected chi connectivity index (χ2v) is 5.74. The van der Waals surface area contributed by atoms with Crippen molar-refractivity contribution in [3.63, 3.8) is 0 Å². The number of halogens is 1. The van der Waals surface area contributed by atoms with Crippen molar-refractivity contribution < 1.29 is 0 Å². The average molecular weight is 301 g/mol. The van der Waals surface area contributed by atoms with Crippen molar-refractivity contribution in [2.24, 2.45) is 0 Å². The molecule has 1 aromatic heterocycles. The summed E-state index contributed by atoms with van der Waals surface area (Å²) in [5, 5.41) is 8.09. The molecule has 1 unspecified atom stereocenters. The second-order valence-electron chi connectivity index (χ2n) is 5.74. The molecule has 2 heterocycles. The van der Waals surface area contributed by atoms with Crippen LogP contribution in [-0.2, 0) is 13.1 Å². The van der Waals surface area contributed by atoms with E-state index in [0.717, 1.165) is 26.1 Å². The summed E-state index contributed by atoms with van der Waals surface area (Å²) in [4.78, 5) is 2.57. The fraction of sp³-hybridized carbons (Fsp3) is 0.800. The molecule has 1 saturated heterocycles. The summed E-state index contributed by atoms with van der Waals surface area (Å²) >= 11 is 0. The van der Waals surface area contributed by atoms with Crippen molar-refractivity contribution in [3.05, 3.63) is 17.0 Å². The average Bonchev–Trinajstić information content (AvgIpc) is 2.67. The Morgan fingerprint density at radius 3 is 2.75 bits per heavy atom. The number of nitrogens with one attached hydrogen (secondary N) is 1. The maximum absolute atomic E-state index is 4.68. The summed E-state index contributed by atoms with van der Waals surface area (Å²) in [5.41, 5.74) is 3.99. The molecule has 0 amide bonds. The van der Waals surface area contributed by atoms with Gasteiger partial charge in [0, 0.05) is 36.9 Å². The quantitative estimate of drug-likeness (QED) is 0.907. The number of likely N-dealkylation sites (N-methyl/N-ethyl adjacent to an activating group) is 1. The topological polar surface area (TPSA) is 33.1 Å². The van der Waals surface area contributed by atoms with Gasteiger partial charge < -0.3 is 5.32 Å². The van der Waals surface area contributed by atoms with Crippen LogP contribution in [0.5, 0.6) is 0 Å². The van der Waals surface area contributed by atoms with Crippen LogP contribution in [0.1, 0.15) is 43.1 Å². The normalized spacial score (nSPS) is 19.9. The van der Waals surface area contributed by atoms with Gasteiger partial charge >= 0.3 is 0 Å². The molecule has 0 spiro atoms. The monoisotopic (exact) mass is 300 g/mol. The van der Waals surface area contributed by atoms with Crippen molar-refractivity contribution in [1.82, 2.24) is 20.0 Å². The van der Waals surface area contributed by atoms with Crippen LogP contribution in [0.25, 0.3) is 0 Å². The van der Waals surface area contributed by atoms with E-state index < -0.39 is 0 Å². The predicted molar refractivity (Wildman–Crippen MR) is 86.6 cm³/mol. The highest BCUT2D eigenvalue weighted by Crippen LogP contribution is 2.19. The van der Waals surface area contributed by atoms with E-state index in [1.165, 1.54) is 36.3 Å². The van der Waals surface area contributed by atoms with E-state index in [1.807, 2.05) is 0 Å². The molecule has 0 saturated carbocycles. The van der Waals surface area contributed by atoms with E-state index >= 15 is 0 Å². The Hall–Kier alpha value is -0.580. The van der Waals surface area contributed by atoms with Gasteiger partial charge in [-0.2, -0.15) is 5.10 Å². The number of hydrogen-bond acceptors (Lipinski definition) is 3. The van der Waals surface area contributed by atoms with E-state index in [0.29, 0.717) is 6.04 Å². The Morgan fingerprint density at radius 1 is 1.35 bits per heavy atom. The molecule has 4 nitrogen and oxygen atoms in total. The maximum Gasteiger partial charge on any atom is 0.0641 e. The fourth-order valence-corrected chi connectivity index (χ4v) is 3.05. The Bertz CT molecular complexity index is 416. The van der Waals surface area contributed by atoms with Crippen LogP contribution in [-0.4, -0.2) is 40.9 Å². The van der Waals surface area contributed by atoms with Crippen LogP contribution < -0.4 is 5.32 Å². The highest BCUT2D eigenvalue weighted by molar-refractivity contribution is 5.85. The third kappa shape index (κ3) is 3.96. The number of rotatable bonds is 5. The van der Waals surface area contributed by atoms with Gasteiger partial charge in [0.25, 0.3) is 0 Å². The zero-order valence-corrected chi connectivity index (χ0v) is 14.1. The Morgan fingerprint density at radius 2 is 2.10 bits per heavy atom. The summed E-state index contributed by atoms with van der Waals surface area (Å²) in [6.07, 6.45) is 3.75. The largest absolute Gasteiger partial charge is 0.316 e. The Balaban J connectivity index is 0.00000200. The van der Waals surface area contributed by atoms with Crippen LogP contribution in [0.2, 0.25) is 0 Å². The van der Waals surface area contributed by atoms with Crippen molar-refractivity contribution in [2.75, 3.05) is 20.1 Å². The molecule has 116 valence electrons. The van der Waals surface area contributed by atoms with Gasteiger partial charge in [-0.25, -0.2) is 0 Å². The summed E-state index contributed by atoms with van der Waals surface area (Å²) in [6, 6.07) is 0.653. The summed E-state index contributed by atoms with van der Waals surface area (Å²) in [7, 11) is 2.07. The lowest BCUT2D eigenvalue weighted by molar-refractivity contribution is 0.187. The SMILES string of the molecule is CCCn1nc(C)c(CN2CCCC(NC)C2)c1C.Cl. The first-order chi connectivity index (χ1) is 9.15. The number of aromatic nitrogens is 2. The fourth-order valence-electron chi connectivity index (χ4n) is 3.05. The molecular formula is C15H29ClN4. The number of piperidine rings is 1. The van der Waals surface area contributed by atoms with Crippen molar-refractivity contribution in [3.8, 4) is 0 Å². The molecule has 1 fully saturated rings. The van der Waals surface area contributed by atoms with Crippen molar-refractivity contribution in [1.29, 1.82) is 0 Å². The zero-order chi connectivity index (χ0) is 13.8. The van der Waals surface area contributed by atoms with E-state index in [2.05, 4.69) is 47.8 Å². The summed E-state index contributed by atoms with van der Waals surface area (Å²) in [5.74, 6) is 0. The van der Waals surface area contributed by atoms with Gasteiger partial charge in [-0.05, 0) is 46.7 Å². The first-order valence-electron chi connectivity index (χ1n) is 7.58. The van der Waals surface area contributed by atoms with Crippen LogP contribution in [0.3, 0.4) is 0 Å². The van der Waals surface area contributed by atoms with E-state index in [4.69, 9.17) is 0 Å². The molecule has 0 radical (unpaired) electrons. The maximum atomic E-state index is 4.68. The van der Waals surface area contributed by atoms with Crippen LogP contribution in [0.15, 0.2) is 0 Å². The van der Waals surface area contributed by atoms with Gasteiger partial charge in [0.15, 0.2) is 0 Å². The van der Waals surface area contributed by atoms with Crippen LogP contribution >= 0.6 is 12.4 Å². The number of aryl methyl sites for hydroxylation is 2.